The number of rotatable bonds is 3. The molecule has 0 aliphatic carbocycles. The SMILES string of the molecule is C/C(=N\NC(=O)c1ccccc1)c1cccnc1. The number of hydrogen-bond acceptors (Lipinski definition) is 3. The van der Waals surface area contributed by atoms with Gasteiger partial charge in [0.2, 0.25) is 0 Å². The topological polar surface area (TPSA) is 54.4 Å². The van der Waals surface area contributed by atoms with Crippen LogP contribution in [0, 0.1) is 0 Å². The van der Waals surface area contributed by atoms with E-state index in [9.17, 15) is 4.79 Å². The van der Waals surface area contributed by atoms with Crippen LogP contribution in [0.5, 0.6) is 0 Å². The lowest BCUT2D eigenvalue weighted by atomic mass is 10.2. The zero-order valence-corrected chi connectivity index (χ0v) is 10.00. The molecule has 0 saturated heterocycles. The van der Waals surface area contributed by atoms with Gasteiger partial charge < -0.3 is 0 Å². The van der Waals surface area contributed by atoms with Crippen molar-refractivity contribution in [2.45, 2.75) is 6.92 Å². The van der Waals surface area contributed by atoms with E-state index in [0.717, 1.165) is 5.56 Å². The van der Waals surface area contributed by atoms with Crippen molar-refractivity contribution in [1.29, 1.82) is 0 Å². The van der Waals surface area contributed by atoms with Gasteiger partial charge in [0.15, 0.2) is 0 Å². The quantitative estimate of drug-likeness (QED) is 0.659. The fourth-order valence-electron chi connectivity index (χ4n) is 1.43. The molecule has 0 aliphatic rings. The molecule has 1 N–H and O–H groups in total. The summed E-state index contributed by atoms with van der Waals surface area (Å²) in [5.74, 6) is -0.223. The molecule has 2 aromatic rings. The first-order valence-corrected chi connectivity index (χ1v) is 5.57. The lowest BCUT2D eigenvalue weighted by Gasteiger charge is -2.02. The van der Waals surface area contributed by atoms with E-state index in [1.54, 1.807) is 24.5 Å². The first-order valence-electron chi connectivity index (χ1n) is 5.57. The van der Waals surface area contributed by atoms with E-state index >= 15 is 0 Å². The monoisotopic (exact) mass is 239 g/mol. The van der Waals surface area contributed by atoms with Crippen LogP contribution in [-0.4, -0.2) is 16.6 Å². The first-order chi connectivity index (χ1) is 8.77. The highest BCUT2D eigenvalue weighted by Gasteiger charge is 2.03. The van der Waals surface area contributed by atoms with Crippen LogP contribution in [0.2, 0.25) is 0 Å². The third-order valence-electron chi connectivity index (χ3n) is 2.44. The van der Waals surface area contributed by atoms with Crippen molar-refractivity contribution >= 4 is 11.6 Å². The van der Waals surface area contributed by atoms with Gasteiger partial charge in [-0.15, -0.1) is 0 Å². The molecule has 4 nitrogen and oxygen atoms in total. The second kappa shape index (κ2) is 5.72. The minimum Gasteiger partial charge on any atom is -0.267 e. The van der Waals surface area contributed by atoms with Crippen molar-refractivity contribution in [2.75, 3.05) is 0 Å². The Kier molecular flexibility index (Phi) is 3.81. The van der Waals surface area contributed by atoms with E-state index < -0.39 is 0 Å². The first kappa shape index (κ1) is 12.0. The molecule has 18 heavy (non-hydrogen) atoms. The van der Waals surface area contributed by atoms with E-state index in [2.05, 4.69) is 15.5 Å². The number of nitrogens with zero attached hydrogens (tertiary/aromatic N) is 2. The van der Waals surface area contributed by atoms with Crippen LogP contribution >= 0.6 is 0 Å². The van der Waals surface area contributed by atoms with E-state index in [4.69, 9.17) is 0 Å². The van der Waals surface area contributed by atoms with Gasteiger partial charge >= 0.3 is 0 Å². The predicted octanol–water partition coefficient (Wildman–Crippen LogP) is 2.24. The number of amides is 1. The number of carbonyl (C=O) groups is 1. The summed E-state index contributed by atoms with van der Waals surface area (Å²) in [4.78, 5) is 15.7. The van der Waals surface area contributed by atoms with Gasteiger partial charge in [-0.05, 0) is 25.1 Å². The molecule has 1 heterocycles. The molecule has 4 heteroatoms. The average Bonchev–Trinajstić information content (AvgIpc) is 2.46. The Morgan fingerprint density at radius 3 is 2.50 bits per heavy atom. The summed E-state index contributed by atoms with van der Waals surface area (Å²) in [5, 5.41) is 4.05. The van der Waals surface area contributed by atoms with Gasteiger partial charge in [0.1, 0.15) is 0 Å². The van der Waals surface area contributed by atoms with Gasteiger partial charge in [-0.1, -0.05) is 24.3 Å². The van der Waals surface area contributed by atoms with Gasteiger partial charge in [0.25, 0.3) is 5.91 Å². The molecule has 0 fully saturated rings. The lowest BCUT2D eigenvalue weighted by molar-refractivity contribution is 0.0955. The number of nitrogens with one attached hydrogen (secondary N) is 1. The Bertz CT molecular complexity index is 550. The molecule has 0 saturated carbocycles. The van der Waals surface area contributed by atoms with E-state index in [0.29, 0.717) is 11.3 Å². The molecule has 0 aliphatic heterocycles. The second-order valence-electron chi connectivity index (χ2n) is 3.75. The summed E-state index contributed by atoms with van der Waals surface area (Å²) < 4.78 is 0. The summed E-state index contributed by atoms with van der Waals surface area (Å²) in [6.07, 6.45) is 3.40. The molecule has 0 radical (unpaired) electrons. The molecular formula is C14H13N3O. The minimum absolute atomic E-state index is 0.223. The van der Waals surface area contributed by atoms with Crippen LogP contribution in [0.1, 0.15) is 22.8 Å². The summed E-state index contributed by atoms with van der Waals surface area (Å²) in [6.45, 7) is 1.82. The highest BCUT2D eigenvalue weighted by molar-refractivity contribution is 6.00. The van der Waals surface area contributed by atoms with Gasteiger partial charge in [-0.25, -0.2) is 5.43 Å². The molecule has 0 atom stereocenters. The van der Waals surface area contributed by atoms with Crippen molar-refractivity contribution in [3.63, 3.8) is 0 Å². The summed E-state index contributed by atoms with van der Waals surface area (Å²) in [5.41, 5.74) is 4.70. The maximum Gasteiger partial charge on any atom is 0.271 e. The molecule has 2 rings (SSSR count). The third kappa shape index (κ3) is 3.01. The molecule has 0 bridgehead atoms. The van der Waals surface area contributed by atoms with Crippen LogP contribution < -0.4 is 5.43 Å². The van der Waals surface area contributed by atoms with E-state index in [-0.39, 0.29) is 5.91 Å². The molecule has 1 aromatic heterocycles. The largest absolute Gasteiger partial charge is 0.271 e. The predicted molar refractivity (Wildman–Crippen MR) is 70.4 cm³/mol. The average molecular weight is 239 g/mol. The molecule has 1 aromatic carbocycles. The van der Waals surface area contributed by atoms with Gasteiger partial charge in [-0.2, -0.15) is 5.10 Å². The zero-order valence-electron chi connectivity index (χ0n) is 10.00. The maximum absolute atomic E-state index is 11.7. The van der Waals surface area contributed by atoms with Crippen molar-refractivity contribution in [2.24, 2.45) is 5.10 Å². The minimum atomic E-state index is -0.223. The van der Waals surface area contributed by atoms with Crippen molar-refractivity contribution in [3.8, 4) is 0 Å². The fourth-order valence-corrected chi connectivity index (χ4v) is 1.43. The standard InChI is InChI=1S/C14H13N3O/c1-11(13-8-5-9-15-10-13)16-17-14(18)12-6-3-2-4-7-12/h2-10H,1H3,(H,17,18)/b16-11+. The molecule has 0 spiro atoms. The fraction of sp³-hybridized carbons (Fsp3) is 0.0714. The van der Waals surface area contributed by atoms with Crippen molar-refractivity contribution in [1.82, 2.24) is 10.4 Å². The Balaban J connectivity index is 2.05. The Morgan fingerprint density at radius 2 is 1.83 bits per heavy atom. The Hall–Kier alpha value is -2.49. The van der Waals surface area contributed by atoms with Crippen LogP contribution in [0.15, 0.2) is 60.0 Å². The number of aromatic nitrogens is 1. The van der Waals surface area contributed by atoms with E-state index in [1.807, 2.05) is 37.3 Å². The van der Waals surface area contributed by atoms with Crippen LogP contribution in [0.25, 0.3) is 0 Å². The van der Waals surface area contributed by atoms with Crippen molar-refractivity contribution in [3.05, 3.63) is 66.0 Å². The number of hydrazone groups is 1. The molecule has 0 unspecified atom stereocenters. The lowest BCUT2D eigenvalue weighted by Crippen LogP contribution is -2.19. The maximum atomic E-state index is 11.7. The van der Waals surface area contributed by atoms with Gasteiger partial charge in [-0.3, -0.25) is 9.78 Å². The molecule has 90 valence electrons. The van der Waals surface area contributed by atoms with Crippen LogP contribution in [0.4, 0.5) is 0 Å². The summed E-state index contributed by atoms with van der Waals surface area (Å²) in [6, 6.07) is 12.7. The van der Waals surface area contributed by atoms with Crippen molar-refractivity contribution < 1.29 is 4.79 Å². The second-order valence-corrected chi connectivity index (χ2v) is 3.75. The highest BCUT2D eigenvalue weighted by atomic mass is 16.2. The normalized spacial score (nSPS) is 11.1. The van der Waals surface area contributed by atoms with Crippen LogP contribution in [0.3, 0.4) is 0 Å². The summed E-state index contributed by atoms with van der Waals surface area (Å²) >= 11 is 0. The smallest absolute Gasteiger partial charge is 0.267 e. The van der Waals surface area contributed by atoms with Crippen LogP contribution in [-0.2, 0) is 0 Å². The number of hydrogen-bond donors (Lipinski definition) is 1. The third-order valence-corrected chi connectivity index (χ3v) is 2.44. The van der Waals surface area contributed by atoms with Gasteiger partial charge in [0.05, 0.1) is 5.71 Å². The summed E-state index contributed by atoms with van der Waals surface area (Å²) in [7, 11) is 0. The Morgan fingerprint density at radius 1 is 1.11 bits per heavy atom. The number of carbonyl (C=O) groups excluding carboxylic acids is 1. The number of benzene rings is 1. The molecular weight excluding hydrogens is 226 g/mol. The number of pyridine rings is 1. The van der Waals surface area contributed by atoms with Gasteiger partial charge in [0, 0.05) is 23.5 Å². The highest BCUT2D eigenvalue weighted by Crippen LogP contribution is 2.00. The Labute approximate surface area is 105 Å². The molecule has 1 amide bonds. The van der Waals surface area contributed by atoms with E-state index in [1.165, 1.54) is 0 Å². The zero-order chi connectivity index (χ0) is 12.8.